The van der Waals surface area contributed by atoms with Gasteiger partial charge >= 0.3 is 6.03 Å². The summed E-state index contributed by atoms with van der Waals surface area (Å²) in [6.45, 7) is 4.41. The van der Waals surface area contributed by atoms with Gasteiger partial charge in [0, 0.05) is 36.4 Å². The molecule has 2 rings (SSSR count). The topological polar surface area (TPSA) is 71.2 Å². The maximum atomic E-state index is 12.4. The van der Waals surface area contributed by atoms with Gasteiger partial charge in [0.05, 0.1) is 0 Å². The smallest absolute Gasteiger partial charge is 0.324 e. The van der Waals surface area contributed by atoms with Crippen molar-refractivity contribution >= 4 is 17.4 Å². The molecule has 5 nitrogen and oxygen atoms in total. The van der Waals surface area contributed by atoms with Gasteiger partial charge < -0.3 is 11.1 Å². The molecule has 1 unspecified atom stereocenters. The number of carbonyl (C=O) groups excluding carboxylic acids is 1. The zero-order chi connectivity index (χ0) is 15.2. The number of pyridine rings is 1. The van der Waals surface area contributed by atoms with Gasteiger partial charge in [-0.1, -0.05) is 12.1 Å². The molecule has 0 aliphatic carbocycles. The molecule has 2 amide bonds. The normalized spacial score (nSPS) is 11.8. The molecule has 0 fully saturated rings. The third-order valence-electron chi connectivity index (χ3n) is 3.20. The molecule has 0 saturated heterocycles. The highest BCUT2D eigenvalue weighted by Gasteiger charge is 2.14. The number of aromatic nitrogens is 1. The third-order valence-corrected chi connectivity index (χ3v) is 3.20. The summed E-state index contributed by atoms with van der Waals surface area (Å²) in [6, 6.07) is 10.9. The van der Waals surface area contributed by atoms with Crippen LogP contribution >= 0.6 is 0 Å². The minimum Gasteiger partial charge on any atom is -0.324 e. The van der Waals surface area contributed by atoms with E-state index in [2.05, 4.69) is 10.3 Å². The van der Waals surface area contributed by atoms with Crippen molar-refractivity contribution < 1.29 is 4.79 Å². The van der Waals surface area contributed by atoms with E-state index in [4.69, 9.17) is 5.73 Å². The highest BCUT2D eigenvalue weighted by molar-refractivity contribution is 6.01. The lowest BCUT2D eigenvalue weighted by Crippen LogP contribution is -2.34. The summed E-state index contributed by atoms with van der Waals surface area (Å²) in [6.07, 6.45) is 3.34. The van der Waals surface area contributed by atoms with Gasteiger partial charge in [0.15, 0.2) is 0 Å². The van der Waals surface area contributed by atoms with Crippen molar-refractivity contribution in [3.8, 4) is 0 Å². The highest BCUT2D eigenvalue weighted by atomic mass is 16.2. The molecule has 5 heteroatoms. The molecule has 0 aliphatic heterocycles. The molecular weight excluding hydrogens is 264 g/mol. The highest BCUT2D eigenvalue weighted by Crippen LogP contribution is 2.18. The van der Waals surface area contributed by atoms with E-state index in [0.29, 0.717) is 6.54 Å². The van der Waals surface area contributed by atoms with E-state index in [0.717, 1.165) is 16.9 Å². The molecular formula is C16H20N4O. The molecule has 110 valence electrons. The number of nitrogens with one attached hydrogen (secondary N) is 1. The predicted molar refractivity (Wildman–Crippen MR) is 85.3 cm³/mol. The fraction of sp³-hybridized carbons (Fsp3) is 0.250. The van der Waals surface area contributed by atoms with E-state index in [9.17, 15) is 4.79 Å². The van der Waals surface area contributed by atoms with E-state index in [1.807, 2.05) is 50.2 Å². The number of urea groups is 1. The summed E-state index contributed by atoms with van der Waals surface area (Å²) in [4.78, 5) is 18.0. The Balaban J connectivity index is 2.15. The number of nitrogens with two attached hydrogens (primary N) is 1. The first kappa shape index (κ1) is 15.0. The lowest BCUT2D eigenvalue weighted by atomic mass is 10.1. The van der Waals surface area contributed by atoms with Crippen LogP contribution < -0.4 is 16.0 Å². The Bertz CT molecular complexity index is 598. The first-order valence-electron chi connectivity index (χ1n) is 6.96. The molecule has 21 heavy (non-hydrogen) atoms. The molecule has 2 aromatic rings. The quantitative estimate of drug-likeness (QED) is 0.906. The molecule has 0 bridgehead atoms. The van der Waals surface area contributed by atoms with Crippen molar-refractivity contribution in [2.75, 3.05) is 16.8 Å². The van der Waals surface area contributed by atoms with Gasteiger partial charge in [0.2, 0.25) is 0 Å². The van der Waals surface area contributed by atoms with Crippen molar-refractivity contribution in [1.82, 2.24) is 4.98 Å². The molecule has 1 aromatic heterocycles. The molecule has 0 aliphatic rings. The zero-order valence-corrected chi connectivity index (χ0v) is 12.3. The van der Waals surface area contributed by atoms with Crippen molar-refractivity contribution in [1.29, 1.82) is 0 Å². The zero-order valence-electron chi connectivity index (χ0n) is 12.3. The minimum absolute atomic E-state index is 0.0654. The minimum atomic E-state index is -0.175. The molecule has 1 atom stereocenters. The van der Waals surface area contributed by atoms with Crippen LogP contribution in [0.25, 0.3) is 0 Å². The van der Waals surface area contributed by atoms with E-state index < -0.39 is 0 Å². The van der Waals surface area contributed by atoms with Gasteiger partial charge in [-0.25, -0.2) is 4.79 Å². The lowest BCUT2D eigenvalue weighted by molar-refractivity contribution is 0.257. The van der Waals surface area contributed by atoms with Crippen molar-refractivity contribution in [2.45, 2.75) is 19.9 Å². The number of carbonyl (C=O) groups is 1. The summed E-state index contributed by atoms with van der Waals surface area (Å²) in [7, 11) is 0. The molecule has 1 aromatic carbocycles. The Morgan fingerprint density at radius 2 is 2.05 bits per heavy atom. The van der Waals surface area contributed by atoms with Crippen LogP contribution in [0.15, 0.2) is 48.8 Å². The largest absolute Gasteiger partial charge is 0.326 e. The van der Waals surface area contributed by atoms with Crippen LogP contribution in [0.3, 0.4) is 0 Å². The van der Waals surface area contributed by atoms with E-state index in [1.54, 1.807) is 17.3 Å². The Hall–Kier alpha value is -2.40. The average Bonchev–Trinajstić information content (AvgIpc) is 2.49. The predicted octanol–water partition coefficient (Wildman–Crippen LogP) is 3.16. The number of anilines is 2. The first-order chi connectivity index (χ1) is 10.1. The van der Waals surface area contributed by atoms with Crippen LogP contribution in [-0.4, -0.2) is 17.6 Å². The van der Waals surface area contributed by atoms with Crippen LogP contribution in [-0.2, 0) is 0 Å². The summed E-state index contributed by atoms with van der Waals surface area (Å²) in [5, 5.41) is 2.90. The van der Waals surface area contributed by atoms with Gasteiger partial charge in [-0.2, -0.15) is 0 Å². The maximum Gasteiger partial charge on any atom is 0.326 e. The lowest BCUT2D eigenvalue weighted by Gasteiger charge is -2.21. The van der Waals surface area contributed by atoms with E-state index in [-0.39, 0.29) is 12.1 Å². The van der Waals surface area contributed by atoms with Crippen molar-refractivity contribution in [3.05, 3.63) is 54.4 Å². The van der Waals surface area contributed by atoms with Crippen molar-refractivity contribution in [2.24, 2.45) is 5.73 Å². The van der Waals surface area contributed by atoms with Crippen LogP contribution in [0.1, 0.15) is 25.5 Å². The van der Waals surface area contributed by atoms with Crippen LogP contribution in [0.5, 0.6) is 0 Å². The second-order valence-electron chi connectivity index (χ2n) is 4.79. The van der Waals surface area contributed by atoms with Gasteiger partial charge in [-0.3, -0.25) is 9.88 Å². The van der Waals surface area contributed by atoms with Gasteiger partial charge in [0.25, 0.3) is 0 Å². The number of benzene rings is 1. The molecule has 0 spiro atoms. The van der Waals surface area contributed by atoms with Gasteiger partial charge in [0.1, 0.15) is 0 Å². The fourth-order valence-electron chi connectivity index (χ4n) is 2.06. The standard InChI is InChI=1S/C16H20N4O/c1-3-20(15-7-9-18-10-8-15)16(21)19-14-6-4-5-13(11-14)12(2)17/h4-12H,3,17H2,1-2H3,(H,19,21). The Kier molecular flexibility index (Phi) is 4.90. The summed E-state index contributed by atoms with van der Waals surface area (Å²) < 4.78 is 0. The maximum absolute atomic E-state index is 12.4. The first-order valence-corrected chi connectivity index (χ1v) is 6.96. The number of hydrogen-bond donors (Lipinski definition) is 2. The summed E-state index contributed by atoms with van der Waals surface area (Å²) in [5.74, 6) is 0. The molecule has 1 heterocycles. The summed E-state index contributed by atoms with van der Waals surface area (Å²) >= 11 is 0. The third kappa shape index (κ3) is 3.79. The van der Waals surface area contributed by atoms with Crippen LogP contribution in [0, 0.1) is 0 Å². The van der Waals surface area contributed by atoms with Gasteiger partial charge in [-0.15, -0.1) is 0 Å². The number of nitrogens with zero attached hydrogens (tertiary/aromatic N) is 2. The van der Waals surface area contributed by atoms with E-state index >= 15 is 0 Å². The second kappa shape index (κ2) is 6.85. The van der Waals surface area contributed by atoms with E-state index in [1.165, 1.54) is 0 Å². The fourth-order valence-corrected chi connectivity index (χ4v) is 2.06. The average molecular weight is 284 g/mol. The SMILES string of the molecule is CCN(C(=O)Nc1cccc(C(C)N)c1)c1ccncc1. The molecule has 0 radical (unpaired) electrons. The number of rotatable bonds is 4. The number of hydrogen-bond acceptors (Lipinski definition) is 3. The second-order valence-corrected chi connectivity index (χ2v) is 4.79. The van der Waals surface area contributed by atoms with Crippen LogP contribution in [0.2, 0.25) is 0 Å². The Morgan fingerprint density at radius 1 is 1.33 bits per heavy atom. The number of amides is 2. The Labute approximate surface area is 124 Å². The molecule has 3 N–H and O–H groups in total. The summed E-state index contributed by atoms with van der Waals surface area (Å²) in [5.41, 5.74) is 8.40. The Morgan fingerprint density at radius 3 is 2.67 bits per heavy atom. The monoisotopic (exact) mass is 284 g/mol. The van der Waals surface area contributed by atoms with Crippen LogP contribution in [0.4, 0.5) is 16.2 Å². The molecule has 0 saturated carbocycles. The van der Waals surface area contributed by atoms with Crippen molar-refractivity contribution in [3.63, 3.8) is 0 Å². The van der Waals surface area contributed by atoms with Gasteiger partial charge in [-0.05, 0) is 43.7 Å².